The van der Waals surface area contributed by atoms with Crippen LogP contribution in [0.3, 0.4) is 0 Å². The largest absolute Gasteiger partial charge is 0.367 e. The van der Waals surface area contributed by atoms with E-state index < -0.39 is 0 Å². The molecular formula is C20H17ClN2O3S. The summed E-state index contributed by atoms with van der Waals surface area (Å²) in [5, 5.41) is 3.69. The lowest BCUT2D eigenvalue weighted by Crippen LogP contribution is -2.18. The molecule has 0 aliphatic rings. The molecule has 5 nitrogen and oxygen atoms in total. The van der Waals surface area contributed by atoms with Gasteiger partial charge in [-0.3, -0.25) is 14.9 Å². The minimum absolute atomic E-state index is 0.0888. The van der Waals surface area contributed by atoms with Gasteiger partial charge in [-0.1, -0.05) is 54.1 Å². The second-order valence-corrected chi connectivity index (χ2v) is 7.30. The summed E-state index contributed by atoms with van der Waals surface area (Å²) in [5.74, 6) is -0.313. The number of hydrogen-bond acceptors (Lipinski definition) is 5. The molecule has 0 bridgehead atoms. The van der Waals surface area contributed by atoms with E-state index >= 15 is 0 Å². The molecule has 1 heterocycles. The normalized spacial score (nSPS) is 10.6. The van der Waals surface area contributed by atoms with Gasteiger partial charge >= 0.3 is 0 Å². The number of halogens is 1. The summed E-state index contributed by atoms with van der Waals surface area (Å²) in [7, 11) is 0. The Kier molecular flexibility index (Phi) is 6.70. The highest BCUT2D eigenvalue weighted by Gasteiger charge is 2.13. The van der Waals surface area contributed by atoms with Gasteiger partial charge in [0.25, 0.3) is 5.91 Å². The second-order valence-electron chi connectivity index (χ2n) is 5.78. The standard InChI is InChI=1S/C20H17ClN2O3S/c21-16-8-4-7-15(9-16)10-18-17(11-24)22-20(27-18)23-19(25)13-26-12-14-5-2-1-3-6-14/h1-9,11H,10,12-13H2,(H,22,23,25). The molecule has 0 aliphatic carbocycles. The Morgan fingerprint density at radius 2 is 1.93 bits per heavy atom. The van der Waals surface area contributed by atoms with E-state index in [1.54, 1.807) is 6.07 Å². The quantitative estimate of drug-likeness (QED) is 0.570. The van der Waals surface area contributed by atoms with E-state index in [9.17, 15) is 9.59 Å². The first kappa shape index (κ1) is 19.2. The summed E-state index contributed by atoms with van der Waals surface area (Å²) in [6, 6.07) is 17.0. The molecule has 0 fully saturated rings. The number of carbonyl (C=O) groups is 2. The second kappa shape index (κ2) is 9.41. The van der Waals surface area contributed by atoms with E-state index in [-0.39, 0.29) is 12.5 Å². The Balaban J connectivity index is 1.57. The number of thiazole rings is 1. The molecule has 138 valence electrons. The van der Waals surface area contributed by atoms with Crippen molar-refractivity contribution < 1.29 is 14.3 Å². The van der Waals surface area contributed by atoms with Gasteiger partial charge in [0.2, 0.25) is 0 Å². The summed E-state index contributed by atoms with van der Waals surface area (Å²) in [5.41, 5.74) is 2.28. The highest BCUT2D eigenvalue weighted by atomic mass is 35.5. The number of carbonyl (C=O) groups excluding carboxylic acids is 2. The van der Waals surface area contributed by atoms with Gasteiger partial charge in [-0.25, -0.2) is 4.98 Å². The molecule has 27 heavy (non-hydrogen) atoms. The molecule has 3 aromatic rings. The predicted molar refractivity (Wildman–Crippen MR) is 106 cm³/mol. The van der Waals surface area contributed by atoms with Gasteiger partial charge in [-0.05, 0) is 23.3 Å². The van der Waals surface area contributed by atoms with Gasteiger partial charge in [0.05, 0.1) is 6.61 Å². The number of ether oxygens (including phenoxy) is 1. The van der Waals surface area contributed by atoms with Crippen LogP contribution in [0.15, 0.2) is 54.6 Å². The third-order valence-corrected chi connectivity index (χ3v) is 4.91. The first-order valence-corrected chi connectivity index (χ1v) is 9.44. The van der Waals surface area contributed by atoms with Gasteiger partial charge in [0.15, 0.2) is 11.4 Å². The first-order valence-electron chi connectivity index (χ1n) is 8.25. The van der Waals surface area contributed by atoms with Crippen molar-refractivity contribution in [1.29, 1.82) is 0 Å². The number of hydrogen-bond donors (Lipinski definition) is 1. The molecule has 1 aromatic heterocycles. The summed E-state index contributed by atoms with van der Waals surface area (Å²) >= 11 is 7.27. The van der Waals surface area contributed by atoms with E-state index in [2.05, 4.69) is 10.3 Å². The van der Waals surface area contributed by atoms with Gasteiger partial charge in [-0.2, -0.15) is 0 Å². The van der Waals surface area contributed by atoms with Crippen LogP contribution in [-0.4, -0.2) is 23.8 Å². The zero-order chi connectivity index (χ0) is 19.1. The molecule has 1 amide bonds. The molecule has 7 heteroatoms. The fourth-order valence-corrected chi connectivity index (χ4v) is 3.65. The maximum absolute atomic E-state index is 12.0. The van der Waals surface area contributed by atoms with Crippen LogP contribution in [0.1, 0.15) is 26.5 Å². The Morgan fingerprint density at radius 3 is 2.67 bits per heavy atom. The van der Waals surface area contributed by atoms with Crippen LogP contribution >= 0.6 is 22.9 Å². The molecule has 0 saturated heterocycles. The third-order valence-electron chi connectivity index (χ3n) is 3.68. The number of anilines is 1. The lowest BCUT2D eigenvalue weighted by Gasteiger charge is -2.04. The molecule has 3 rings (SSSR count). The number of aromatic nitrogens is 1. The van der Waals surface area contributed by atoms with Crippen molar-refractivity contribution >= 4 is 40.3 Å². The van der Waals surface area contributed by atoms with Crippen molar-refractivity contribution in [2.75, 3.05) is 11.9 Å². The lowest BCUT2D eigenvalue weighted by molar-refractivity contribution is -0.121. The van der Waals surface area contributed by atoms with Crippen molar-refractivity contribution in [3.63, 3.8) is 0 Å². The average Bonchev–Trinajstić information content (AvgIpc) is 3.03. The molecule has 2 aromatic carbocycles. The van der Waals surface area contributed by atoms with Crippen LogP contribution < -0.4 is 5.32 Å². The van der Waals surface area contributed by atoms with E-state index in [4.69, 9.17) is 16.3 Å². The van der Waals surface area contributed by atoms with Crippen LogP contribution in [0.25, 0.3) is 0 Å². The predicted octanol–water partition coefficient (Wildman–Crippen LogP) is 4.36. The fourth-order valence-electron chi connectivity index (χ4n) is 2.46. The maximum atomic E-state index is 12.0. The topological polar surface area (TPSA) is 68.3 Å². The average molecular weight is 401 g/mol. The molecule has 0 unspecified atom stereocenters. The van der Waals surface area contributed by atoms with Crippen LogP contribution in [-0.2, 0) is 22.6 Å². The summed E-state index contributed by atoms with van der Waals surface area (Å²) in [6.45, 7) is 0.264. The summed E-state index contributed by atoms with van der Waals surface area (Å²) in [6.07, 6.45) is 1.21. The molecule has 0 atom stereocenters. The smallest absolute Gasteiger partial charge is 0.252 e. The highest BCUT2D eigenvalue weighted by Crippen LogP contribution is 2.25. The summed E-state index contributed by atoms with van der Waals surface area (Å²) in [4.78, 5) is 28.3. The first-order chi connectivity index (χ1) is 13.1. The van der Waals surface area contributed by atoms with Crippen LogP contribution in [0.5, 0.6) is 0 Å². The van der Waals surface area contributed by atoms with Crippen molar-refractivity contribution in [2.24, 2.45) is 0 Å². The SMILES string of the molecule is O=Cc1nc(NC(=O)COCc2ccccc2)sc1Cc1cccc(Cl)c1. The maximum Gasteiger partial charge on any atom is 0.252 e. The van der Waals surface area contributed by atoms with Crippen LogP contribution in [0.4, 0.5) is 5.13 Å². The van der Waals surface area contributed by atoms with Crippen molar-refractivity contribution in [2.45, 2.75) is 13.0 Å². The molecule has 0 spiro atoms. The number of benzene rings is 2. The zero-order valence-corrected chi connectivity index (χ0v) is 15.9. The van der Waals surface area contributed by atoms with Crippen LogP contribution in [0.2, 0.25) is 5.02 Å². The minimum atomic E-state index is -0.313. The number of rotatable bonds is 8. The van der Waals surface area contributed by atoms with E-state index in [0.717, 1.165) is 16.0 Å². The monoisotopic (exact) mass is 400 g/mol. The van der Waals surface area contributed by atoms with Gasteiger partial charge < -0.3 is 4.74 Å². The Hall–Kier alpha value is -2.54. The minimum Gasteiger partial charge on any atom is -0.367 e. The number of nitrogens with zero attached hydrogens (tertiary/aromatic N) is 1. The Labute approximate surface area is 166 Å². The van der Waals surface area contributed by atoms with Gasteiger partial charge in [0, 0.05) is 16.3 Å². The highest BCUT2D eigenvalue weighted by molar-refractivity contribution is 7.16. The molecular weight excluding hydrogens is 384 g/mol. The van der Waals surface area contributed by atoms with Crippen molar-refractivity contribution in [3.8, 4) is 0 Å². The van der Waals surface area contributed by atoms with Gasteiger partial charge in [-0.15, -0.1) is 11.3 Å². The Morgan fingerprint density at radius 1 is 1.15 bits per heavy atom. The fraction of sp³-hybridized carbons (Fsp3) is 0.150. The third kappa shape index (κ3) is 5.72. The van der Waals surface area contributed by atoms with Crippen LogP contribution in [0, 0.1) is 0 Å². The van der Waals surface area contributed by atoms with Crippen molar-refractivity contribution in [3.05, 3.63) is 81.3 Å². The zero-order valence-electron chi connectivity index (χ0n) is 14.4. The molecule has 0 aliphatic heterocycles. The van der Waals surface area contributed by atoms with E-state index in [1.807, 2.05) is 48.5 Å². The van der Waals surface area contributed by atoms with E-state index in [0.29, 0.717) is 35.2 Å². The number of nitrogens with one attached hydrogen (secondary N) is 1. The van der Waals surface area contributed by atoms with E-state index in [1.165, 1.54) is 11.3 Å². The Bertz CT molecular complexity index is 928. The molecule has 1 N–H and O–H groups in total. The van der Waals surface area contributed by atoms with Crippen molar-refractivity contribution in [1.82, 2.24) is 4.98 Å². The molecule has 0 saturated carbocycles. The van der Waals surface area contributed by atoms with Gasteiger partial charge in [0.1, 0.15) is 12.3 Å². The summed E-state index contributed by atoms with van der Waals surface area (Å²) < 4.78 is 5.41. The number of aldehydes is 1. The lowest BCUT2D eigenvalue weighted by atomic mass is 10.1. The molecule has 0 radical (unpaired) electrons. The number of amides is 1.